The first-order valence-electron chi connectivity index (χ1n) is 4.23. The largest absolute Gasteiger partial charge is 0.312 e. The summed E-state index contributed by atoms with van der Waals surface area (Å²) in [6, 6.07) is 0. The zero-order chi connectivity index (χ0) is 8.27. The average Bonchev–Trinajstić information content (AvgIpc) is 2.40. The van der Waals surface area contributed by atoms with Crippen molar-refractivity contribution in [3.8, 4) is 0 Å². The molecule has 0 amide bonds. The lowest BCUT2D eigenvalue weighted by Gasteiger charge is -2.16. The zero-order valence-electron chi connectivity index (χ0n) is 7.30. The van der Waals surface area contributed by atoms with Crippen molar-refractivity contribution in [1.82, 2.24) is 5.43 Å². The summed E-state index contributed by atoms with van der Waals surface area (Å²) >= 11 is 0. The van der Waals surface area contributed by atoms with Crippen molar-refractivity contribution in [3.63, 3.8) is 0 Å². The summed E-state index contributed by atoms with van der Waals surface area (Å²) in [6.45, 7) is 2.26. The van der Waals surface area contributed by atoms with Gasteiger partial charge in [-0.25, -0.2) is 5.84 Å². The first-order chi connectivity index (χ1) is 5.29. The highest BCUT2D eigenvalue weighted by molar-refractivity contribution is 5.84. The second kappa shape index (κ2) is 3.72. The minimum Gasteiger partial charge on any atom is -0.312 e. The third-order valence-corrected chi connectivity index (χ3v) is 2.60. The summed E-state index contributed by atoms with van der Waals surface area (Å²) in [5.41, 5.74) is 2.67. The van der Waals surface area contributed by atoms with Gasteiger partial charge in [0.25, 0.3) is 0 Å². The van der Waals surface area contributed by atoms with Crippen LogP contribution in [0.3, 0.4) is 0 Å². The summed E-state index contributed by atoms with van der Waals surface area (Å²) in [4.78, 5) is 4.12. The first kappa shape index (κ1) is 8.53. The summed E-state index contributed by atoms with van der Waals surface area (Å²) in [5, 5.41) is 0. The number of nitrogens with zero attached hydrogens (tertiary/aromatic N) is 1. The molecule has 1 saturated carbocycles. The molecule has 3 nitrogen and oxygen atoms in total. The van der Waals surface area contributed by atoms with Crippen LogP contribution in [0.1, 0.15) is 26.2 Å². The van der Waals surface area contributed by atoms with Crippen LogP contribution in [-0.2, 0) is 0 Å². The summed E-state index contributed by atoms with van der Waals surface area (Å²) < 4.78 is 0. The van der Waals surface area contributed by atoms with Gasteiger partial charge in [-0.2, -0.15) is 0 Å². The Bertz CT molecular complexity index is 153. The van der Waals surface area contributed by atoms with Gasteiger partial charge < -0.3 is 5.43 Å². The van der Waals surface area contributed by atoms with E-state index in [2.05, 4.69) is 17.3 Å². The van der Waals surface area contributed by atoms with E-state index >= 15 is 0 Å². The van der Waals surface area contributed by atoms with E-state index in [0.717, 1.165) is 11.8 Å². The summed E-state index contributed by atoms with van der Waals surface area (Å²) in [6.07, 6.45) is 3.86. The van der Waals surface area contributed by atoms with Crippen molar-refractivity contribution in [2.24, 2.45) is 22.7 Å². The number of nitrogens with one attached hydrogen (secondary N) is 1. The number of hydrogen-bond acceptors (Lipinski definition) is 2. The number of amidine groups is 1. The maximum absolute atomic E-state index is 5.34. The van der Waals surface area contributed by atoms with Crippen LogP contribution in [0.2, 0.25) is 0 Å². The molecular formula is C8H17N3. The quantitative estimate of drug-likeness (QED) is 0.256. The second-order valence-corrected chi connectivity index (χ2v) is 3.27. The fraction of sp³-hybridized carbons (Fsp3) is 0.875. The highest BCUT2D eigenvalue weighted by Gasteiger charge is 2.26. The highest BCUT2D eigenvalue weighted by atomic mass is 15.3. The van der Waals surface area contributed by atoms with Crippen molar-refractivity contribution in [2.45, 2.75) is 26.2 Å². The van der Waals surface area contributed by atoms with Crippen LogP contribution >= 0.6 is 0 Å². The van der Waals surface area contributed by atoms with E-state index in [1.807, 2.05) is 0 Å². The number of hydrazine groups is 1. The molecule has 1 rings (SSSR count). The van der Waals surface area contributed by atoms with Gasteiger partial charge in [0.05, 0.1) is 0 Å². The topological polar surface area (TPSA) is 50.4 Å². The van der Waals surface area contributed by atoms with Crippen LogP contribution in [0.4, 0.5) is 0 Å². The van der Waals surface area contributed by atoms with Crippen LogP contribution in [-0.4, -0.2) is 12.9 Å². The van der Waals surface area contributed by atoms with Gasteiger partial charge in [0, 0.05) is 13.0 Å². The molecule has 0 aromatic carbocycles. The van der Waals surface area contributed by atoms with E-state index < -0.39 is 0 Å². The lowest BCUT2D eigenvalue weighted by atomic mass is 9.97. The van der Waals surface area contributed by atoms with Gasteiger partial charge in [0.15, 0.2) is 0 Å². The van der Waals surface area contributed by atoms with E-state index in [0.29, 0.717) is 5.92 Å². The van der Waals surface area contributed by atoms with Gasteiger partial charge >= 0.3 is 0 Å². The molecule has 0 aliphatic heterocycles. The molecule has 0 bridgehead atoms. The summed E-state index contributed by atoms with van der Waals surface area (Å²) in [5.74, 6) is 7.63. The molecule has 3 N–H and O–H groups in total. The van der Waals surface area contributed by atoms with Crippen LogP contribution < -0.4 is 11.3 Å². The second-order valence-electron chi connectivity index (χ2n) is 3.27. The first-order valence-corrected chi connectivity index (χ1v) is 4.23. The molecule has 64 valence electrons. The Hall–Kier alpha value is -0.570. The van der Waals surface area contributed by atoms with Crippen LogP contribution in [0.15, 0.2) is 4.99 Å². The average molecular weight is 155 g/mol. The fourth-order valence-corrected chi connectivity index (χ4v) is 1.89. The Morgan fingerprint density at radius 2 is 2.27 bits per heavy atom. The SMILES string of the molecule is CN=C(NN)C1CCCC1C. The van der Waals surface area contributed by atoms with Crippen LogP contribution in [0.25, 0.3) is 0 Å². The van der Waals surface area contributed by atoms with Crippen molar-refractivity contribution in [2.75, 3.05) is 7.05 Å². The predicted molar refractivity (Wildman–Crippen MR) is 47.2 cm³/mol. The molecule has 2 atom stereocenters. The lowest BCUT2D eigenvalue weighted by molar-refractivity contribution is 0.518. The minimum atomic E-state index is 0.574. The van der Waals surface area contributed by atoms with Gasteiger partial charge in [0.1, 0.15) is 5.84 Å². The lowest BCUT2D eigenvalue weighted by Crippen LogP contribution is -2.37. The molecule has 3 heteroatoms. The molecule has 2 unspecified atom stereocenters. The number of nitrogens with two attached hydrogens (primary N) is 1. The molecule has 0 aromatic rings. The third kappa shape index (κ3) is 1.71. The zero-order valence-corrected chi connectivity index (χ0v) is 7.30. The van der Waals surface area contributed by atoms with Crippen molar-refractivity contribution in [1.29, 1.82) is 0 Å². The molecule has 0 radical (unpaired) electrons. The highest BCUT2D eigenvalue weighted by Crippen LogP contribution is 2.31. The Balaban J connectivity index is 2.57. The smallest absolute Gasteiger partial charge is 0.113 e. The Morgan fingerprint density at radius 3 is 2.64 bits per heavy atom. The van der Waals surface area contributed by atoms with E-state index in [4.69, 9.17) is 5.84 Å². The maximum atomic E-state index is 5.34. The van der Waals surface area contributed by atoms with Crippen LogP contribution in [0.5, 0.6) is 0 Å². The molecular weight excluding hydrogens is 138 g/mol. The van der Waals surface area contributed by atoms with Crippen LogP contribution in [0, 0.1) is 11.8 Å². The molecule has 1 aliphatic rings. The predicted octanol–water partition coefficient (Wildman–Crippen LogP) is 0.914. The molecule has 0 saturated heterocycles. The van der Waals surface area contributed by atoms with Gasteiger partial charge in [-0.1, -0.05) is 13.3 Å². The van der Waals surface area contributed by atoms with E-state index in [1.54, 1.807) is 7.05 Å². The molecule has 0 heterocycles. The van der Waals surface area contributed by atoms with Crippen molar-refractivity contribution in [3.05, 3.63) is 0 Å². The van der Waals surface area contributed by atoms with Gasteiger partial charge in [-0.15, -0.1) is 0 Å². The van der Waals surface area contributed by atoms with Crippen molar-refractivity contribution < 1.29 is 0 Å². The molecule has 1 aliphatic carbocycles. The fourth-order valence-electron chi connectivity index (χ4n) is 1.89. The Morgan fingerprint density at radius 1 is 1.55 bits per heavy atom. The Labute approximate surface area is 68.0 Å². The molecule has 1 fully saturated rings. The minimum absolute atomic E-state index is 0.574. The standard InChI is InChI=1S/C8H17N3/c1-6-4-3-5-7(6)8(10-2)11-9/h6-7H,3-5,9H2,1-2H3,(H,10,11). The number of aliphatic imine (C=N–C) groups is 1. The Kier molecular flexibility index (Phi) is 2.88. The van der Waals surface area contributed by atoms with Crippen molar-refractivity contribution >= 4 is 5.84 Å². The van der Waals surface area contributed by atoms with E-state index in [9.17, 15) is 0 Å². The monoisotopic (exact) mass is 155 g/mol. The van der Waals surface area contributed by atoms with E-state index in [-0.39, 0.29) is 0 Å². The molecule has 11 heavy (non-hydrogen) atoms. The third-order valence-electron chi connectivity index (χ3n) is 2.60. The molecule has 0 aromatic heterocycles. The van der Waals surface area contributed by atoms with E-state index in [1.165, 1.54) is 19.3 Å². The van der Waals surface area contributed by atoms with Gasteiger partial charge in [-0.05, 0) is 18.8 Å². The normalized spacial score (nSPS) is 32.5. The molecule has 0 spiro atoms. The summed E-state index contributed by atoms with van der Waals surface area (Å²) in [7, 11) is 1.79. The number of rotatable bonds is 1. The van der Waals surface area contributed by atoms with Gasteiger partial charge in [0.2, 0.25) is 0 Å². The van der Waals surface area contributed by atoms with Gasteiger partial charge in [-0.3, -0.25) is 4.99 Å². The maximum Gasteiger partial charge on any atom is 0.113 e. The number of hydrogen-bond donors (Lipinski definition) is 2.